The van der Waals surface area contributed by atoms with E-state index in [2.05, 4.69) is 33.0 Å². The van der Waals surface area contributed by atoms with Crippen LogP contribution in [0.4, 0.5) is 0 Å². The van der Waals surface area contributed by atoms with Gasteiger partial charge in [-0.1, -0.05) is 0 Å². The lowest BCUT2D eigenvalue weighted by Crippen LogP contribution is -2.46. The van der Waals surface area contributed by atoms with E-state index in [4.69, 9.17) is 4.74 Å². The van der Waals surface area contributed by atoms with E-state index < -0.39 is 10.0 Å². The molecule has 2 saturated heterocycles. The van der Waals surface area contributed by atoms with Crippen LogP contribution in [0.5, 0.6) is 0 Å². The summed E-state index contributed by atoms with van der Waals surface area (Å²) in [6.45, 7) is 10.3. The van der Waals surface area contributed by atoms with Crippen LogP contribution in [0.15, 0.2) is 0 Å². The van der Waals surface area contributed by atoms with E-state index in [1.807, 2.05) is 0 Å². The fraction of sp³-hybridized carbons (Fsp3) is 1.00. The van der Waals surface area contributed by atoms with E-state index in [0.29, 0.717) is 25.4 Å². The fourth-order valence-corrected chi connectivity index (χ4v) is 4.71. The molecule has 0 amide bonds. The first-order valence-corrected chi connectivity index (χ1v) is 8.65. The number of hydrogen-bond donors (Lipinski definition) is 1. The summed E-state index contributed by atoms with van der Waals surface area (Å²) in [5, 5.41) is 3.46. The first-order chi connectivity index (χ1) is 8.62. The van der Waals surface area contributed by atoms with E-state index >= 15 is 0 Å². The lowest BCUT2D eigenvalue weighted by molar-refractivity contribution is -0.0697. The largest absolute Gasteiger partial charge is 0.368 e. The normalized spacial score (nSPS) is 32.7. The lowest BCUT2D eigenvalue weighted by atomic mass is 9.94. The van der Waals surface area contributed by atoms with E-state index in [1.165, 1.54) is 0 Å². The zero-order chi connectivity index (χ0) is 14.3. The Morgan fingerprint density at radius 3 is 2.47 bits per heavy atom. The molecule has 112 valence electrons. The summed E-state index contributed by atoms with van der Waals surface area (Å²) in [6.07, 6.45) is 1.71. The molecule has 2 fully saturated rings. The van der Waals surface area contributed by atoms with Gasteiger partial charge in [0.1, 0.15) is 0 Å². The Morgan fingerprint density at radius 2 is 2.00 bits per heavy atom. The molecule has 2 aliphatic rings. The van der Waals surface area contributed by atoms with Crippen molar-refractivity contribution in [3.63, 3.8) is 0 Å². The standard InChI is InChI=1S/C13H26N2O3S/c1-12(2)10-11(13(3,4)18-12)14-6-8-15-7-5-9-19(15,16)17/h11,14H,5-10H2,1-4H3/t11-/m1/s1. The van der Waals surface area contributed by atoms with Crippen molar-refractivity contribution in [1.29, 1.82) is 0 Å². The van der Waals surface area contributed by atoms with Crippen molar-refractivity contribution in [1.82, 2.24) is 9.62 Å². The molecule has 1 atom stereocenters. The highest BCUT2D eigenvalue weighted by atomic mass is 32.2. The monoisotopic (exact) mass is 290 g/mol. The maximum absolute atomic E-state index is 11.7. The summed E-state index contributed by atoms with van der Waals surface area (Å²) in [4.78, 5) is 0. The highest BCUT2D eigenvalue weighted by Gasteiger charge is 2.45. The van der Waals surface area contributed by atoms with Crippen LogP contribution in [-0.2, 0) is 14.8 Å². The van der Waals surface area contributed by atoms with Crippen LogP contribution in [0.3, 0.4) is 0 Å². The zero-order valence-electron chi connectivity index (χ0n) is 12.4. The first-order valence-electron chi connectivity index (χ1n) is 7.04. The molecule has 2 rings (SSSR count). The van der Waals surface area contributed by atoms with Crippen LogP contribution in [0.1, 0.15) is 40.5 Å². The number of sulfonamides is 1. The van der Waals surface area contributed by atoms with E-state index in [-0.39, 0.29) is 17.2 Å². The molecule has 0 aliphatic carbocycles. The second-order valence-electron chi connectivity index (χ2n) is 6.74. The molecule has 0 bridgehead atoms. The third-order valence-electron chi connectivity index (χ3n) is 4.03. The number of ether oxygens (including phenoxy) is 1. The van der Waals surface area contributed by atoms with Crippen molar-refractivity contribution in [3.05, 3.63) is 0 Å². The molecule has 19 heavy (non-hydrogen) atoms. The Hall–Kier alpha value is -0.170. The highest BCUT2D eigenvalue weighted by Crippen LogP contribution is 2.37. The summed E-state index contributed by atoms with van der Waals surface area (Å²) >= 11 is 0. The number of hydrogen-bond acceptors (Lipinski definition) is 4. The fourth-order valence-electron chi connectivity index (χ4n) is 3.19. The van der Waals surface area contributed by atoms with Gasteiger partial charge in [-0.3, -0.25) is 0 Å². The van der Waals surface area contributed by atoms with Gasteiger partial charge in [-0.05, 0) is 40.5 Å². The average molecular weight is 290 g/mol. The molecule has 5 nitrogen and oxygen atoms in total. The Labute approximate surface area is 116 Å². The van der Waals surface area contributed by atoms with Crippen molar-refractivity contribution in [2.45, 2.75) is 57.8 Å². The summed E-state index contributed by atoms with van der Waals surface area (Å²) in [6, 6.07) is 0.271. The maximum Gasteiger partial charge on any atom is 0.214 e. The summed E-state index contributed by atoms with van der Waals surface area (Å²) in [5.74, 6) is 0.304. The van der Waals surface area contributed by atoms with Gasteiger partial charge in [-0.15, -0.1) is 0 Å². The Morgan fingerprint density at radius 1 is 1.32 bits per heavy atom. The van der Waals surface area contributed by atoms with Crippen molar-refractivity contribution in [2.75, 3.05) is 25.4 Å². The SMILES string of the molecule is CC1(C)C[C@@H](NCCN2CCCS2(=O)=O)C(C)(C)O1. The van der Waals surface area contributed by atoms with Gasteiger partial charge in [0, 0.05) is 25.7 Å². The molecule has 0 spiro atoms. The minimum atomic E-state index is -2.97. The van der Waals surface area contributed by atoms with Gasteiger partial charge in [0.25, 0.3) is 0 Å². The third-order valence-corrected chi connectivity index (χ3v) is 5.99. The smallest absolute Gasteiger partial charge is 0.214 e. The van der Waals surface area contributed by atoms with Crippen molar-refractivity contribution >= 4 is 10.0 Å². The minimum Gasteiger partial charge on any atom is -0.368 e. The molecule has 0 aromatic carbocycles. The third kappa shape index (κ3) is 3.48. The van der Waals surface area contributed by atoms with Gasteiger partial charge in [0.15, 0.2) is 0 Å². The van der Waals surface area contributed by atoms with E-state index in [1.54, 1.807) is 4.31 Å². The van der Waals surface area contributed by atoms with Crippen LogP contribution in [0.2, 0.25) is 0 Å². The molecule has 0 unspecified atom stereocenters. The predicted molar refractivity (Wildman–Crippen MR) is 75.6 cm³/mol. The van der Waals surface area contributed by atoms with Gasteiger partial charge in [0.05, 0.1) is 17.0 Å². The summed E-state index contributed by atoms with van der Waals surface area (Å²) < 4.78 is 31.0. The molecule has 0 saturated carbocycles. The van der Waals surface area contributed by atoms with Crippen molar-refractivity contribution in [3.8, 4) is 0 Å². The molecule has 2 aliphatic heterocycles. The molecular weight excluding hydrogens is 264 g/mol. The van der Waals surface area contributed by atoms with E-state index in [9.17, 15) is 8.42 Å². The zero-order valence-corrected chi connectivity index (χ0v) is 13.2. The van der Waals surface area contributed by atoms with Gasteiger partial charge < -0.3 is 10.1 Å². The molecule has 0 aromatic rings. The minimum absolute atomic E-state index is 0.110. The quantitative estimate of drug-likeness (QED) is 0.838. The van der Waals surface area contributed by atoms with Gasteiger partial charge >= 0.3 is 0 Å². The molecule has 0 aromatic heterocycles. The Balaban J connectivity index is 1.83. The second-order valence-corrected chi connectivity index (χ2v) is 8.83. The summed E-state index contributed by atoms with van der Waals surface area (Å²) in [7, 11) is -2.97. The van der Waals surface area contributed by atoms with Crippen LogP contribution >= 0.6 is 0 Å². The first kappa shape index (κ1) is 15.2. The maximum atomic E-state index is 11.7. The number of nitrogens with zero attached hydrogens (tertiary/aromatic N) is 1. The number of nitrogens with one attached hydrogen (secondary N) is 1. The Bertz CT molecular complexity index is 431. The predicted octanol–water partition coefficient (Wildman–Crippen LogP) is 0.958. The van der Waals surface area contributed by atoms with Crippen LogP contribution in [0.25, 0.3) is 0 Å². The molecular formula is C13H26N2O3S. The lowest BCUT2D eigenvalue weighted by Gasteiger charge is -2.28. The average Bonchev–Trinajstić information content (AvgIpc) is 2.64. The molecule has 0 radical (unpaired) electrons. The molecule has 6 heteroatoms. The van der Waals surface area contributed by atoms with Crippen molar-refractivity contribution in [2.24, 2.45) is 0 Å². The second kappa shape index (κ2) is 4.98. The van der Waals surface area contributed by atoms with Crippen molar-refractivity contribution < 1.29 is 13.2 Å². The van der Waals surface area contributed by atoms with E-state index in [0.717, 1.165) is 12.8 Å². The van der Waals surface area contributed by atoms with Crippen LogP contribution < -0.4 is 5.32 Å². The van der Waals surface area contributed by atoms with Gasteiger partial charge in [-0.25, -0.2) is 12.7 Å². The van der Waals surface area contributed by atoms with Crippen LogP contribution in [0, 0.1) is 0 Å². The Kier molecular flexibility index (Phi) is 3.99. The van der Waals surface area contributed by atoms with Gasteiger partial charge in [-0.2, -0.15) is 0 Å². The van der Waals surface area contributed by atoms with Crippen LogP contribution in [-0.4, -0.2) is 55.4 Å². The molecule has 2 heterocycles. The summed E-state index contributed by atoms with van der Waals surface area (Å²) in [5.41, 5.74) is -0.311. The highest BCUT2D eigenvalue weighted by molar-refractivity contribution is 7.89. The molecule has 1 N–H and O–H groups in total. The number of rotatable bonds is 4. The van der Waals surface area contributed by atoms with Gasteiger partial charge in [0.2, 0.25) is 10.0 Å². The topological polar surface area (TPSA) is 58.6 Å².